The number of aryl methyl sites for hydroxylation is 1. The molecule has 22 heavy (non-hydrogen) atoms. The van der Waals surface area contributed by atoms with E-state index in [4.69, 9.17) is 0 Å². The Morgan fingerprint density at radius 1 is 1.23 bits per heavy atom. The molecule has 1 rings (SSSR count). The van der Waals surface area contributed by atoms with Crippen LogP contribution in [-0.4, -0.2) is 45.0 Å². The van der Waals surface area contributed by atoms with Crippen LogP contribution in [0.25, 0.3) is 0 Å². The number of likely N-dealkylation sites (N-methyl/N-ethyl adjacent to an activating group) is 1. The summed E-state index contributed by atoms with van der Waals surface area (Å²) < 4.78 is 0. The molecule has 0 aliphatic rings. The van der Waals surface area contributed by atoms with Crippen LogP contribution in [0, 0.1) is 13.8 Å². The molecule has 0 spiro atoms. The molecule has 0 bridgehead atoms. The average molecular weight is 327 g/mol. The summed E-state index contributed by atoms with van der Waals surface area (Å²) in [6, 6.07) is 0. The Bertz CT molecular complexity index is 581. The highest BCUT2D eigenvalue weighted by molar-refractivity contribution is 7.16. The molecule has 2 amide bonds. The van der Waals surface area contributed by atoms with E-state index < -0.39 is 11.9 Å². The number of carbonyl (C=O) groups is 3. The first-order chi connectivity index (χ1) is 10.2. The van der Waals surface area contributed by atoms with Crippen molar-refractivity contribution in [2.45, 2.75) is 20.3 Å². The number of amides is 2. The van der Waals surface area contributed by atoms with Gasteiger partial charge < -0.3 is 25.4 Å². The van der Waals surface area contributed by atoms with Gasteiger partial charge in [-0.3, -0.25) is 9.59 Å². The number of hydrogen-bond donors (Lipinski definition) is 3. The van der Waals surface area contributed by atoms with Crippen LogP contribution in [0.2, 0.25) is 0 Å². The molecule has 0 aromatic carbocycles. The van der Waals surface area contributed by atoms with Gasteiger partial charge in [0, 0.05) is 23.8 Å². The molecule has 0 aliphatic carbocycles. The highest BCUT2D eigenvalue weighted by Crippen LogP contribution is 2.32. The van der Waals surface area contributed by atoms with Crippen LogP contribution < -0.4 is 20.6 Å². The smallest absolute Gasteiger partial charge is 0.280 e. The van der Waals surface area contributed by atoms with Crippen molar-refractivity contribution >= 4 is 34.1 Å². The van der Waals surface area contributed by atoms with Crippen LogP contribution in [0.15, 0.2) is 0 Å². The van der Waals surface area contributed by atoms with Crippen LogP contribution in [0.5, 0.6) is 0 Å². The van der Waals surface area contributed by atoms with Gasteiger partial charge in [0.1, 0.15) is 5.00 Å². The van der Waals surface area contributed by atoms with Crippen molar-refractivity contribution in [2.24, 2.45) is 0 Å². The Morgan fingerprint density at radius 2 is 1.86 bits per heavy atom. The van der Waals surface area contributed by atoms with Gasteiger partial charge in [-0.1, -0.05) is 0 Å². The highest BCUT2D eigenvalue weighted by Gasteiger charge is 2.21. The molecule has 3 N–H and O–H groups in total. The van der Waals surface area contributed by atoms with E-state index in [9.17, 15) is 19.5 Å². The van der Waals surface area contributed by atoms with Gasteiger partial charge in [0.25, 0.3) is 11.8 Å². The monoisotopic (exact) mass is 327 g/mol. The van der Waals surface area contributed by atoms with E-state index in [1.807, 2.05) is 21.0 Å². The van der Waals surface area contributed by atoms with E-state index in [0.29, 0.717) is 17.1 Å². The Morgan fingerprint density at radius 3 is 2.41 bits per heavy atom. The molecule has 0 aliphatic heterocycles. The largest absolute Gasteiger partial charge is 0.550 e. The lowest BCUT2D eigenvalue weighted by molar-refractivity contribution is -0.849. The highest BCUT2D eigenvalue weighted by atomic mass is 32.1. The van der Waals surface area contributed by atoms with Crippen molar-refractivity contribution in [3.63, 3.8) is 0 Å². The summed E-state index contributed by atoms with van der Waals surface area (Å²) in [6.07, 6.45) is -0.250. The van der Waals surface area contributed by atoms with Gasteiger partial charge >= 0.3 is 0 Å². The molecule has 1 aromatic rings. The summed E-state index contributed by atoms with van der Waals surface area (Å²) in [5.74, 6) is -1.79. The number of hydrogen-bond acceptors (Lipinski definition) is 5. The minimum atomic E-state index is -1.22. The number of rotatable bonds is 7. The number of aliphatic carboxylic acids is 1. The van der Waals surface area contributed by atoms with Crippen LogP contribution >= 0.6 is 11.3 Å². The fourth-order valence-electron chi connectivity index (χ4n) is 1.85. The lowest BCUT2D eigenvalue weighted by Crippen LogP contribution is -3.06. The molecule has 0 radical (unpaired) electrons. The number of thiophene rings is 1. The zero-order valence-corrected chi connectivity index (χ0v) is 14.0. The molecule has 122 valence electrons. The second-order valence-electron chi connectivity index (χ2n) is 5.30. The molecule has 7 nitrogen and oxygen atoms in total. The topological polar surface area (TPSA) is 103 Å². The molecule has 0 unspecified atom stereocenters. The molecule has 0 atom stereocenters. The molecule has 1 heterocycles. The van der Waals surface area contributed by atoms with Gasteiger partial charge in [0.15, 0.2) is 6.54 Å². The number of nitrogens with one attached hydrogen (secondary N) is 3. The Balaban J connectivity index is 2.86. The van der Waals surface area contributed by atoms with E-state index in [0.717, 1.165) is 15.3 Å². The molecule has 0 saturated heterocycles. The second kappa shape index (κ2) is 7.90. The lowest BCUT2D eigenvalue weighted by atomic mass is 10.1. The Kier molecular flexibility index (Phi) is 6.51. The fourth-order valence-corrected chi connectivity index (χ4v) is 2.92. The van der Waals surface area contributed by atoms with E-state index in [1.165, 1.54) is 11.3 Å². The van der Waals surface area contributed by atoms with Gasteiger partial charge in [-0.05, 0) is 19.4 Å². The van der Waals surface area contributed by atoms with Crippen molar-refractivity contribution in [1.82, 2.24) is 5.32 Å². The number of carboxylic acid groups (broad SMARTS) is 1. The third-order valence-electron chi connectivity index (χ3n) is 2.99. The van der Waals surface area contributed by atoms with Gasteiger partial charge in [0.2, 0.25) is 0 Å². The van der Waals surface area contributed by atoms with Crippen LogP contribution in [-0.2, 0) is 9.59 Å². The van der Waals surface area contributed by atoms with Gasteiger partial charge in [0.05, 0.1) is 19.7 Å². The molecule has 1 aromatic heterocycles. The van der Waals surface area contributed by atoms with E-state index >= 15 is 0 Å². The van der Waals surface area contributed by atoms with Gasteiger partial charge in [-0.15, -0.1) is 11.3 Å². The number of carboxylic acids is 1. The van der Waals surface area contributed by atoms with Crippen LogP contribution in [0.3, 0.4) is 0 Å². The summed E-state index contributed by atoms with van der Waals surface area (Å²) in [7, 11) is 3.72. The number of quaternary nitrogens is 1. The van der Waals surface area contributed by atoms with Crippen molar-refractivity contribution in [3.8, 4) is 0 Å². The maximum atomic E-state index is 12.2. The number of anilines is 1. The molecular formula is C14H21N3O4S. The minimum Gasteiger partial charge on any atom is -0.550 e. The average Bonchev–Trinajstić information content (AvgIpc) is 2.62. The van der Waals surface area contributed by atoms with E-state index in [2.05, 4.69) is 10.6 Å². The molecule has 0 fully saturated rings. The normalized spacial score (nSPS) is 10.6. The van der Waals surface area contributed by atoms with Crippen molar-refractivity contribution in [2.75, 3.05) is 32.5 Å². The summed E-state index contributed by atoms with van der Waals surface area (Å²) in [5, 5.41) is 16.2. The Labute approximate surface area is 133 Å². The van der Waals surface area contributed by atoms with Crippen LogP contribution in [0.1, 0.15) is 27.2 Å². The van der Waals surface area contributed by atoms with Gasteiger partial charge in [-0.25, -0.2) is 0 Å². The van der Waals surface area contributed by atoms with Gasteiger partial charge in [-0.2, -0.15) is 0 Å². The summed E-state index contributed by atoms with van der Waals surface area (Å²) in [5.41, 5.74) is 1.17. The Hall–Kier alpha value is -1.93. The third kappa shape index (κ3) is 5.12. The second-order valence-corrected chi connectivity index (χ2v) is 6.52. The summed E-state index contributed by atoms with van der Waals surface area (Å²) in [6.45, 7) is 3.95. The van der Waals surface area contributed by atoms with Crippen LogP contribution in [0.4, 0.5) is 5.00 Å². The molecular weight excluding hydrogens is 306 g/mol. The molecule has 8 heteroatoms. The predicted octanol–water partition coefficient (Wildman–Crippen LogP) is -1.68. The summed E-state index contributed by atoms with van der Waals surface area (Å²) in [4.78, 5) is 36.4. The lowest BCUT2D eigenvalue weighted by Gasteiger charge is -2.10. The minimum absolute atomic E-state index is 0.00919. The zero-order chi connectivity index (χ0) is 16.9. The fraction of sp³-hybridized carbons (Fsp3) is 0.500. The van der Waals surface area contributed by atoms with Crippen molar-refractivity contribution in [3.05, 3.63) is 16.0 Å². The van der Waals surface area contributed by atoms with Crippen molar-refractivity contribution in [1.29, 1.82) is 0 Å². The first kappa shape index (κ1) is 18.1. The first-order valence-corrected chi connectivity index (χ1v) is 7.71. The van der Waals surface area contributed by atoms with E-state index in [-0.39, 0.29) is 18.9 Å². The summed E-state index contributed by atoms with van der Waals surface area (Å²) >= 11 is 1.33. The first-order valence-electron chi connectivity index (χ1n) is 6.89. The number of carbonyl (C=O) groups excluding carboxylic acids is 3. The quantitative estimate of drug-likeness (QED) is 0.556. The predicted molar refractivity (Wildman–Crippen MR) is 82.1 cm³/mol. The maximum absolute atomic E-state index is 12.2. The van der Waals surface area contributed by atoms with Crippen molar-refractivity contribution < 1.29 is 24.4 Å². The molecule has 0 saturated carbocycles. The SMILES string of the molecule is Cc1sc(NC(=O)C[NH+](C)C)c(C(=O)NCCC(=O)[O-])c1C. The standard InChI is InChI=1S/C14H21N3O4S/c1-8-9(2)22-14(16-10(18)7-17(3)4)12(8)13(21)15-6-5-11(19)20/h5-7H2,1-4H3,(H,15,21)(H,16,18)(H,19,20). The third-order valence-corrected chi connectivity index (χ3v) is 4.12. The van der Waals surface area contributed by atoms with E-state index in [1.54, 1.807) is 6.92 Å². The maximum Gasteiger partial charge on any atom is 0.280 e. The zero-order valence-electron chi connectivity index (χ0n) is 13.2.